The molecule has 2 atom stereocenters. The summed E-state index contributed by atoms with van der Waals surface area (Å²) in [7, 11) is 1.57. The first-order chi connectivity index (χ1) is 8.48. The summed E-state index contributed by atoms with van der Waals surface area (Å²) in [6, 6.07) is 3.47. The molecule has 1 N–H and O–H groups in total. The number of methoxy groups -OCH3 is 1. The van der Waals surface area contributed by atoms with Crippen LogP contribution >= 0.6 is 27.5 Å². The Kier molecular flexibility index (Phi) is 4.22. The van der Waals surface area contributed by atoms with Crippen molar-refractivity contribution in [2.45, 2.75) is 31.5 Å². The van der Waals surface area contributed by atoms with Crippen molar-refractivity contribution < 1.29 is 14.6 Å². The molecule has 0 bridgehead atoms. The molecule has 2 unspecified atom stereocenters. The van der Waals surface area contributed by atoms with Gasteiger partial charge in [-0.15, -0.1) is 0 Å². The summed E-state index contributed by atoms with van der Waals surface area (Å²) < 4.78 is 11.7. The van der Waals surface area contributed by atoms with Gasteiger partial charge in [0, 0.05) is 17.2 Å². The second-order valence-corrected chi connectivity index (χ2v) is 5.97. The molecule has 100 valence electrons. The minimum Gasteiger partial charge on any atom is -0.495 e. The second kappa shape index (κ2) is 5.37. The first-order valence-corrected chi connectivity index (χ1v) is 7.00. The lowest BCUT2D eigenvalue weighted by atomic mass is 9.90. The maximum Gasteiger partial charge on any atom is 0.139 e. The Balaban J connectivity index is 2.43. The molecular formula is C13H16BrClO3. The lowest BCUT2D eigenvalue weighted by Gasteiger charge is -2.30. The Morgan fingerprint density at radius 3 is 2.83 bits per heavy atom. The summed E-state index contributed by atoms with van der Waals surface area (Å²) in [5.41, 5.74) is 0.0819. The van der Waals surface area contributed by atoms with Crippen molar-refractivity contribution in [2.75, 3.05) is 13.7 Å². The van der Waals surface area contributed by atoms with Gasteiger partial charge >= 0.3 is 0 Å². The van der Waals surface area contributed by atoms with Gasteiger partial charge in [0.1, 0.15) is 11.9 Å². The van der Waals surface area contributed by atoms with Crippen LogP contribution in [0.25, 0.3) is 0 Å². The third-order valence-electron chi connectivity index (χ3n) is 3.36. The van der Waals surface area contributed by atoms with Gasteiger partial charge in [0.15, 0.2) is 0 Å². The van der Waals surface area contributed by atoms with Crippen LogP contribution < -0.4 is 4.74 Å². The van der Waals surface area contributed by atoms with Gasteiger partial charge in [-0.25, -0.2) is 0 Å². The van der Waals surface area contributed by atoms with Crippen molar-refractivity contribution in [1.29, 1.82) is 0 Å². The SMILES string of the molecule is COc1c(Br)cc(Cl)cc1C(O)C1(C)CCCO1. The van der Waals surface area contributed by atoms with Crippen molar-refractivity contribution in [3.8, 4) is 5.75 Å². The topological polar surface area (TPSA) is 38.7 Å². The molecule has 5 heteroatoms. The van der Waals surface area contributed by atoms with Crippen LogP contribution in [0.4, 0.5) is 0 Å². The van der Waals surface area contributed by atoms with Crippen molar-refractivity contribution in [1.82, 2.24) is 0 Å². The number of aliphatic hydroxyl groups excluding tert-OH is 1. The Labute approximate surface area is 120 Å². The van der Waals surface area contributed by atoms with E-state index in [-0.39, 0.29) is 0 Å². The van der Waals surface area contributed by atoms with Crippen LogP contribution in [0.3, 0.4) is 0 Å². The summed E-state index contributed by atoms with van der Waals surface area (Å²) in [5, 5.41) is 11.1. The predicted molar refractivity (Wildman–Crippen MR) is 74.3 cm³/mol. The molecule has 0 amide bonds. The van der Waals surface area contributed by atoms with Crippen molar-refractivity contribution >= 4 is 27.5 Å². The van der Waals surface area contributed by atoms with E-state index in [4.69, 9.17) is 21.1 Å². The minimum absolute atomic E-state index is 0.554. The van der Waals surface area contributed by atoms with Crippen molar-refractivity contribution in [3.05, 3.63) is 27.2 Å². The third kappa shape index (κ3) is 2.52. The quantitative estimate of drug-likeness (QED) is 0.915. The third-order valence-corrected chi connectivity index (χ3v) is 4.17. The van der Waals surface area contributed by atoms with Crippen LogP contribution in [-0.4, -0.2) is 24.4 Å². The number of rotatable bonds is 3. The van der Waals surface area contributed by atoms with E-state index in [0.29, 0.717) is 22.9 Å². The number of hydrogen-bond acceptors (Lipinski definition) is 3. The van der Waals surface area contributed by atoms with Crippen LogP contribution in [0, 0.1) is 0 Å². The van der Waals surface area contributed by atoms with Crippen LogP contribution in [-0.2, 0) is 4.74 Å². The number of benzene rings is 1. The second-order valence-electron chi connectivity index (χ2n) is 4.68. The lowest BCUT2D eigenvalue weighted by Crippen LogP contribution is -2.32. The zero-order chi connectivity index (χ0) is 13.3. The van der Waals surface area contributed by atoms with Crippen LogP contribution in [0.1, 0.15) is 31.4 Å². The maximum atomic E-state index is 10.6. The van der Waals surface area contributed by atoms with E-state index in [1.807, 2.05) is 6.92 Å². The molecule has 2 rings (SSSR count). The standard InChI is InChI=1S/C13H16BrClO3/c1-13(4-3-5-18-13)12(16)9-6-8(15)7-10(14)11(9)17-2/h6-7,12,16H,3-5H2,1-2H3. The molecule has 0 saturated carbocycles. The lowest BCUT2D eigenvalue weighted by molar-refractivity contribution is -0.0803. The number of aliphatic hydroxyl groups is 1. The van der Waals surface area contributed by atoms with Gasteiger partial charge in [0.25, 0.3) is 0 Å². The largest absolute Gasteiger partial charge is 0.495 e. The van der Waals surface area contributed by atoms with Gasteiger partial charge in [-0.1, -0.05) is 11.6 Å². The summed E-state index contributed by atoms with van der Waals surface area (Å²) in [4.78, 5) is 0. The summed E-state index contributed by atoms with van der Waals surface area (Å²) in [6.07, 6.45) is 1.02. The highest BCUT2D eigenvalue weighted by Gasteiger charge is 2.40. The normalized spacial score (nSPS) is 25.2. The van der Waals surface area contributed by atoms with Crippen LogP contribution in [0.2, 0.25) is 5.02 Å². The van der Waals surface area contributed by atoms with Gasteiger partial charge < -0.3 is 14.6 Å². The molecule has 0 aromatic heterocycles. The molecule has 1 aromatic carbocycles. The molecule has 18 heavy (non-hydrogen) atoms. The Morgan fingerprint density at radius 1 is 1.56 bits per heavy atom. The van der Waals surface area contributed by atoms with E-state index < -0.39 is 11.7 Å². The van der Waals surface area contributed by atoms with Crippen LogP contribution in [0.15, 0.2) is 16.6 Å². The molecule has 0 radical (unpaired) electrons. The van der Waals surface area contributed by atoms with Crippen LogP contribution in [0.5, 0.6) is 5.75 Å². The average Bonchev–Trinajstić information content (AvgIpc) is 2.75. The molecule has 3 nitrogen and oxygen atoms in total. The highest BCUT2D eigenvalue weighted by molar-refractivity contribution is 9.10. The fourth-order valence-corrected chi connectivity index (χ4v) is 3.34. The van der Waals surface area contributed by atoms with Gasteiger partial charge in [-0.05, 0) is 47.8 Å². The first-order valence-electron chi connectivity index (χ1n) is 5.83. The number of hydrogen-bond donors (Lipinski definition) is 1. The number of ether oxygens (including phenoxy) is 2. The molecule has 1 aliphatic rings. The molecule has 1 fully saturated rings. The zero-order valence-electron chi connectivity index (χ0n) is 10.4. The van der Waals surface area contributed by atoms with E-state index in [1.165, 1.54) is 0 Å². The molecule has 1 heterocycles. The number of halogens is 2. The van der Waals surface area contributed by atoms with Gasteiger partial charge in [0.05, 0.1) is 17.2 Å². The fraction of sp³-hybridized carbons (Fsp3) is 0.538. The zero-order valence-corrected chi connectivity index (χ0v) is 12.7. The molecule has 1 aromatic rings. The molecule has 1 aliphatic heterocycles. The Bertz CT molecular complexity index is 444. The smallest absolute Gasteiger partial charge is 0.139 e. The minimum atomic E-state index is -0.759. The summed E-state index contributed by atoms with van der Waals surface area (Å²) >= 11 is 9.43. The summed E-state index contributed by atoms with van der Waals surface area (Å²) in [6.45, 7) is 2.59. The average molecular weight is 336 g/mol. The van der Waals surface area contributed by atoms with E-state index in [2.05, 4.69) is 15.9 Å². The molecule has 1 saturated heterocycles. The Hall–Kier alpha value is -0.290. The molecular weight excluding hydrogens is 319 g/mol. The van der Waals surface area contributed by atoms with Gasteiger partial charge in [-0.3, -0.25) is 0 Å². The van der Waals surface area contributed by atoms with E-state index in [0.717, 1.165) is 17.3 Å². The predicted octanol–water partition coefficient (Wildman–Crippen LogP) is 3.71. The molecule has 0 spiro atoms. The van der Waals surface area contributed by atoms with E-state index >= 15 is 0 Å². The maximum absolute atomic E-state index is 10.6. The highest BCUT2D eigenvalue weighted by atomic mass is 79.9. The van der Waals surface area contributed by atoms with Gasteiger partial charge in [0.2, 0.25) is 0 Å². The van der Waals surface area contributed by atoms with Crippen molar-refractivity contribution in [2.24, 2.45) is 0 Å². The van der Waals surface area contributed by atoms with Crippen molar-refractivity contribution in [3.63, 3.8) is 0 Å². The fourth-order valence-electron chi connectivity index (χ4n) is 2.34. The van der Waals surface area contributed by atoms with Gasteiger partial charge in [-0.2, -0.15) is 0 Å². The van der Waals surface area contributed by atoms with E-state index in [1.54, 1.807) is 19.2 Å². The molecule has 0 aliphatic carbocycles. The highest BCUT2D eigenvalue weighted by Crippen LogP contribution is 2.43. The monoisotopic (exact) mass is 334 g/mol. The summed E-state index contributed by atoms with van der Waals surface area (Å²) in [5.74, 6) is 0.601. The Morgan fingerprint density at radius 2 is 2.28 bits per heavy atom. The van der Waals surface area contributed by atoms with E-state index in [9.17, 15) is 5.11 Å². The first kappa shape index (κ1) is 14.1.